The average molecular weight is 473 g/mol. The van der Waals surface area contributed by atoms with Gasteiger partial charge in [-0.3, -0.25) is 14.8 Å². The lowest BCUT2D eigenvalue weighted by atomic mass is 9.72. The summed E-state index contributed by atoms with van der Waals surface area (Å²) in [5.41, 5.74) is 2.52. The van der Waals surface area contributed by atoms with Gasteiger partial charge in [0, 0.05) is 69.4 Å². The summed E-state index contributed by atoms with van der Waals surface area (Å²) in [5, 5.41) is 8.96. The summed E-state index contributed by atoms with van der Waals surface area (Å²) in [7, 11) is 1.58. The van der Waals surface area contributed by atoms with Gasteiger partial charge in [0.05, 0.1) is 5.41 Å². The molecule has 0 unspecified atom stereocenters. The summed E-state index contributed by atoms with van der Waals surface area (Å²) < 4.78 is 7.43. The van der Waals surface area contributed by atoms with Gasteiger partial charge in [0.15, 0.2) is 5.82 Å². The molecule has 2 aliphatic heterocycles. The van der Waals surface area contributed by atoms with Crippen molar-refractivity contribution in [2.45, 2.75) is 38.8 Å². The first-order chi connectivity index (χ1) is 15.5. The number of aromatic nitrogens is 4. The highest BCUT2D eigenvalue weighted by atomic mass is 35.5. The maximum atomic E-state index is 12.5. The fourth-order valence-corrected chi connectivity index (χ4v) is 5.73. The zero-order valence-electron chi connectivity index (χ0n) is 19.6. The number of carbonyl (C=O) groups excluding carboxylic acids is 1. The number of likely N-dealkylation sites (tertiary alicyclic amines) is 2. The van der Waals surface area contributed by atoms with Gasteiger partial charge >= 0.3 is 0 Å². The molecular formula is C24H33ClN6O2. The Kier molecular flexibility index (Phi) is 6.79. The number of carbonyl (C=O) groups is 1. The number of hydrogen-bond donors (Lipinski definition) is 1. The van der Waals surface area contributed by atoms with E-state index in [4.69, 9.17) is 9.72 Å². The van der Waals surface area contributed by atoms with Crippen LogP contribution in [0, 0.1) is 12.8 Å². The van der Waals surface area contributed by atoms with Gasteiger partial charge in [0.25, 0.3) is 0 Å². The summed E-state index contributed by atoms with van der Waals surface area (Å²) in [6, 6.07) is 8.64. The number of fused-ring (bicyclic) bond motifs is 2. The predicted molar refractivity (Wildman–Crippen MR) is 129 cm³/mol. The van der Waals surface area contributed by atoms with Crippen LogP contribution in [0.25, 0.3) is 10.9 Å². The number of H-pyrrole nitrogens is 1. The van der Waals surface area contributed by atoms with Crippen LogP contribution in [-0.2, 0) is 28.0 Å². The summed E-state index contributed by atoms with van der Waals surface area (Å²) >= 11 is 0. The molecule has 1 amide bonds. The van der Waals surface area contributed by atoms with Crippen LogP contribution in [0.1, 0.15) is 30.6 Å². The van der Waals surface area contributed by atoms with E-state index in [2.05, 4.69) is 57.1 Å². The Labute approximate surface area is 200 Å². The number of rotatable bonds is 6. The molecule has 33 heavy (non-hydrogen) atoms. The maximum Gasteiger partial charge on any atom is 0.248 e. The third-order valence-corrected chi connectivity index (χ3v) is 7.30. The lowest BCUT2D eigenvalue weighted by Gasteiger charge is -2.41. The second-order valence-electron chi connectivity index (χ2n) is 9.25. The highest BCUT2D eigenvalue weighted by molar-refractivity contribution is 5.85. The Morgan fingerprint density at radius 1 is 1.30 bits per heavy atom. The Balaban J connectivity index is 0.00000259. The van der Waals surface area contributed by atoms with E-state index >= 15 is 0 Å². The predicted octanol–water partition coefficient (Wildman–Crippen LogP) is 2.76. The van der Waals surface area contributed by atoms with Crippen molar-refractivity contribution in [1.29, 1.82) is 0 Å². The second kappa shape index (κ2) is 9.44. The van der Waals surface area contributed by atoms with Gasteiger partial charge in [-0.05, 0) is 31.9 Å². The van der Waals surface area contributed by atoms with Crippen molar-refractivity contribution in [3.8, 4) is 0 Å². The van der Waals surface area contributed by atoms with Crippen LogP contribution in [0.4, 0.5) is 0 Å². The second-order valence-corrected chi connectivity index (χ2v) is 9.25. The molecule has 0 saturated carbocycles. The van der Waals surface area contributed by atoms with Crippen molar-refractivity contribution in [3.63, 3.8) is 0 Å². The van der Waals surface area contributed by atoms with E-state index in [9.17, 15) is 4.79 Å². The van der Waals surface area contributed by atoms with Gasteiger partial charge in [0.2, 0.25) is 5.91 Å². The average Bonchev–Trinajstić information content (AvgIpc) is 3.49. The van der Waals surface area contributed by atoms with Gasteiger partial charge < -0.3 is 14.2 Å². The lowest BCUT2D eigenvalue weighted by molar-refractivity contribution is -0.137. The molecule has 2 aliphatic rings. The van der Waals surface area contributed by atoms with Gasteiger partial charge in [-0.15, -0.1) is 12.4 Å². The zero-order chi connectivity index (χ0) is 22.3. The number of nitrogens with one attached hydrogen (secondary N) is 1. The van der Waals surface area contributed by atoms with Crippen molar-refractivity contribution in [1.82, 2.24) is 29.5 Å². The molecule has 0 aliphatic carbocycles. The minimum absolute atomic E-state index is 0. The number of aryl methyl sites for hydroxylation is 2. The molecule has 1 N–H and O–H groups in total. The van der Waals surface area contributed by atoms with Crippen LogP contribution < -0.4 is 0 Å². The molecule has 9 heteroatoms. The molecule has 178 valence electrons. The molecule has 2 aromatic heterocycles. The first-order valence-corrected chi connectivity index (χ1v) is 11.5. The smallest absolute Gasteiger partial charge is 0.248 e. The van der Waals surface area contributed by atoms with E-state index < -0.39 is 0 Å². The monoisotopic (exact) mass is 472 g/mol. The Morgan fingerprint density at radius 3 is 2.85 bits per heavy atom. The van der Waals surface area contributed by atoms with E-state index in [1.54, 1.807) is 7.11 Å². The van der Waals surface area contributed by atoms with Crippen molar-refractivity contribution >= 4 is 29.2 Å². The van der Waals surface area contributed by atoms with Gasteiger partial charge in [-0.1, -0.05) is 18.2 Å². The van der Waals surface area contributed by atoms with Crippen LogP contribution in [0.3, 0.4) is 0 Å². The van der Waals surface area contributed by atoms with Gasteiger partial charge in [-0.2, -0.15) is 5.10 Å². The number of piperidine rings is 1. The van der Waals surface area contributed by atoms with Gasteiger partial charge in [-0.25, -0.2) is 4.98 Å². The molecular weight excluding hydrogens is 440 g/mol. The van der Waals surface area contributed by atoms with Crippen molar-refractivity contribution in [2.75, 3.05) is 39.9 Å². The van der Waals surface area contributed by atoms with Crippen LogP contribution in [0.15, 0.2) is 30.5 Å². The Hall–Kier alpha value is -2.42. The molecule has 0 spiro atoms. The third-order valence-electron chi connectivity index (χ3n) is 7.30. The fourth-order valence-electron chi connectivity index (χ4n) is 5.73. The normalized spacial score (nSPS) is 23.0. The maximum absolute atomic E-state index is 12.5. The van der Waals surface area contributed by atoms with Crippen LogP contribution in [-0.4, -0.2) is 75.4 Å². The summed E-state index contributed by atoms with van der Waals surface area (Å²) in [4.78, 5) is 21.8. The summed E-state index contributed by atoms with van der Waals surface area (Å²) in [5.74, 6) is 2.11. The van der Waals surface area contributed by atoms with Crippen molar-refractivity contribution in [3.05, 3.63) is 47.7 Å². The van der Waals surface area contributed by atoms with Crippen LogP contribution >= 0.6 is 12.4 Å². The standard InChI is InChI=1S/C24H32N6O2.ClH/c1-4-29-12-18(20-7-5-6-8-21(20)29)11-28-13-19-14-30(22(31)15-32-3)10-9-24(19,16-28)23-25-17(2)26-27-23;/h5-8,12,19H,4,9-11,13-16H2,1-3H3,(H,25,26,27);1H/t19-,24+;/m0./s1. The molecule has 1 aromatic carbocycles. The van der Waals surface area contributed by atoms with E-state index in [0.29, 0.717) is 5.92 Å². The largest absolute Gasteiger partial charge is 0.375 e. The zero-order valence-corrected chi connectivity index (χ0v) is 20.4. The Bertz CT molecular complexity index is 1130. The minimum Gasteiger partial charge on any atom is -0.375 e. The highest BCUT2D eigenvalue weighted by Gasteiger charge is 2.53. The number of benzene rings is 1. The number of amides is 1. The number of methoxy groups -OCH3 is 1. The molecule has 2 atom stereocenters. The molecule has 0 radical (unpaired) electrons. The lowest BCUT2D eigenvalue weighted by Crippen LogP contribution is -2.52. The number of halogens is 1. The molecule has 0 bridgehead atoms. The molecule has 8 nitrogen and oxygen atoms in total. The van der Waals surface area contributed by atoms with Gasteiger partial charge in [0.1, 0.15) is 12.4 Å². The van der Waals surface area contributed by atoms with E-state index in [1.165, 1.54) is 16.5 Å². The number of ether oxygens (including phenoxy) is 1. The number of hydrogen-bond acceptors (Lipinski definition) is 5. The van der Waals surface area contributed by atoms with Crippen LogP contribution in [0.2, 0.25) is 0 Å². The first-order valence-electron chi connectivity index (χ1n) is 11.5. The minimum atomic E-state index is -0.127. The third kappa shape index (κ3) is 4.16. The molecule has 2 fully saturated rings. The summed E-state index contributed by atoms with van der Waals surface area (Å²) in [6.07, 6.45) is 3.17. The molecule has 3 aromatic rings. The topological polar surface area (TPSA) is 79.3 Å². The number of para-hydroxylation sites is 1. The highest BCUT2D eigenvalue weighted by Crippen LogP contribution is 2.44. The van der Waals surface area contributed by atoms with Crippen molar-refractivity contribution in [2.24, 2.45) is 5.92 Å². The van der Waals surface area contributed by atoms with E-state index in [1.807, 2.05) is 11.8 Å². The number of nitrogens with zero attached hydrogens (tertiary/aromatic N) is 5. The first kappa shape index (κ1) is 23.7. The Morgan fingerprint density at radius 2 is 2.12 bits per heavy atom. The molecule has 4 heterocycles. The van der Waals surface area contributed by atoms with E-state index in [-0.39, 0.29) is 30.3 Å². The molecule has 2 saturated heterocycles. The SMILES string of the molecule is CCn1cc(CN2C[C@H]3CN(C(=O)COC)CC[C@@]3(c3n[nH]c(C)n3)C2)c2ccccc21.Cl. The number of aromatic amines is 1. The summed E-state index contributed by atoms with van der Waals surface area (Å²) in [6.45, 7) is 9.40. The van der Waals surface area contributed by atoms with Crippen molar-refractivity contribution < 1.29 is 9.53 Å². The molecule has 5 rings (SSSR count). The fraction of sp³-hybridized carbons (Fsp3) is 0.542. The van der Waals surface area contributed by atoms with Crippen LogP contribution in [0.5, 0.6) is 0 Å². The quantitative estimate of drug-likeness (QED) is 0.596. The van der Waals surface area contributed by atoms with E-state index in [0.717, 1.165) is 57.3 Å².